The van der Waals surface area contributed by atoms with Gasteiger partial charge in [0.2, 0.25) is 0 Å². The lowest BCUT2D eigenvalue weighted by molar-refractivity contribution is 0.101. The topological polar surface area (TPSA) is 21.3 Å². The first-order valence-electron chi connectivity index (χ1n) is 8.78. The molecule has 21 heavy (non-hydrogen) atoms. The van der Waals surface area contributed by atoms with Crippen LogP contribution in [0.3, 0.4) is 0 Å². The molecule has 2 fully saturated rings. The van der Waals surface area contributed by atoms with E-state index in [-0.39, 0.29) is 0 Å². The molecular weight excluding hydrogens is 258 g/mol. The molecule has 1 aliphatic carbocycles. The summed E-state index contributed by atoms with van der Waals surface area (Å²) in [7, 11) is 0. The summed E-state index contributed by atoms with van der Waals surface area (Å²) in [6, 6.07) is 11.7. The van der Waals surface area contributed by atoms with E-state index in [1.54, 1.807) is 0 Å². The van der Waals surface area contributed by atoms with Crippen LogP contribution in [0.5, 0.6) is 0 Å². The molecule has 0 amide bonds. The number of benzene rings is 1. The molecule has 2 aliphatic rings. The van der Waals surface area contributed by atoms with Gasteiger partial charge >= 0.3 is 0 Å². The fourth-order valence-corrected chi connectivity index (χ4v) is 3.91. The molecule has 1 saturated carbocycles. The third-order valence-corrected chi connectivity index (χ3v) is 5.12. The molecule has 1 aromatic carbocycles. The minimum absolute atomic E-state index is 0.552. The number of hydrogen-bond acceptors (Lipinski definition) is 2. The smallest absolute Gasteiger partial charge is 0.0576 e. The van der Waals surface area contributed by atoms with E-state index in [0.717, 1.165) is 25.0 Å². The van der Waals surface area contributed by atoms with Crippen LogP contribution in [-0.4, -0.2) is 25.3 Å². The van der Waals surface area contributed by atoms with E-state index in [2.05, 4.69) is 42.6 Å². The third kappa shape index (κ3) is 4.08. The summed E-state index contributed by atoms with van der Waals surface area (Å²) in [5.74, 6) is 1.63. The molecule has 1 aliphatic heterocycles. The van der Waals surface area contributed by atoms with E-state index in [1.807, 2.05) is 0 Å². The fourth-order valence-electron chi connectivity index (χ4n) is 3.91. The van der Waals surface area contributed by atoms with Gasteiger partial charge in [0.1, 0.15) is 0 Å². The van der Waals surface area contributed by atoms with Crippen LogP contribution in [0.25, 0.3) is 0 Å². The predicted octanol–water partition coefficient (Wildman–Crippen LogP) is 4.12. The van der Waals surface area contributed by atoms with Gasteiger partial charge in [-0.05, 0) is 62.5 Å². The lowest BCUT2D eigenvalue weighted by Gasteiger charge is -2.19. The van der Waals surface area contributed by atoms with Gasteiger partial charge in [-0.2, -0.15) is 0 Å². The zero-order valence-corrected chi connectivity index (χ0v) is 13.3. The zero-order valence-electron chi connectivity index (χ0n) is 13.3. The molecule has 3 rings (SSSR count). The zero-order chi connectivity index (χ0) is 14.5. The van der Waals surface area contributed by atoms with Gasteiger partial charge in [-0.1, -0.05) is 37.3 Å². The van der Waals surface area contributed by atoms with E-state index in [0.29, 0.717) is 12.1 Å². The van der Waals surface area contributed by atoms with Crippen molar-refractivity contribution in [2.45, 2.75) is 63.5 Å². The molecule has 4 unspecified atom stereocenters. The van der Waals surface area contributed by atoms with E-state index < -0.39 is 0 Å². The highest BCUT2D eigenvalue weighted by Gasteiger charge is 2.43. The molecule has 0 radical (unpaired) electrons. The van der Waals surface area contributed by atoms with Gasteiger partial charge in [-0.3, -0.25) is 0 Å². The molecule has 116 valence electrons. The minimum atomic E-state index is 0.552. The van der Waals surface area contributed by atoms with Crippen molar-refractivity contribution in [3.63, 3.8) is 0 Å². The van der Waals surface area contributed by atoms with Crippen molar-refractivity contribution < 1.29 is 4.74 Å². The highest BCUT2D eigenvalue weighted by Crippen LogP contribution is 2.50. The van der Waals surface area contributed by atoms with Crippen LogP contribution in [0.1, 0.15) is 56.9 Å². The van der Waals surface area contributed by atoms with Gasteiger partial charge in [-0.25, -0.2) is 0 Å². The maximum atomic E-state index is 5.74. The number of ether oxygens (including phenoxy) is 1. The second-order valence-corrected chi connectivity index (χ2v) is 6.65. The van der Waals surface area contributed by atoms with Crippen LogP contribution in [0.4, 0.5) is 0 Å². The normalized spacial score (nSPS) is 29.5. The Kier molecular flexibility index (Phi) is 5.32. The maximum absolute atomic E-state index is 5.74. The summed E-state index contributed by atoms with van der Waals surface area (Å²) < 4.78 is 5.74. The van der Waals surface area contributed by atoms with Gasteiger partial charge in [0.05, 0.1) is 6.10 Å². The van der Waals surface area contributed by atoms with Crippen LogP contribution in [0.2, 0.25) is 0 Å². The minimum Gasteiger partial charge on any atom is -0.378 e. The standard InChI is InChI=1S/C19H29NO/c1-2-20-19(12-6-10-16-11-7-13-21-16)18-14-17(18)15-8-4-3-5-9-15/h3-5,8-9,16-20H,2,6-7,10-14H2,1H3. The highest BCUT2D eigenvalue weighted by molar-refractivity contribution is 5.26. The Hall–Kier alpha value is -0.860. The van der Waals surface area contributed by atoms with E-state index in [4.69, 9.17) is 4.74 Å². The Bertz CT molecular complexity index is 413. The number of nitrogens with one attached hydrogen (secondary N) is 1. The molecular formula is C19H29NO. The predicted molar refractivity (Wildman–Crippen MR) is 87.6 cm³/mol. The first-order valence-corrected chi connectivity index (χ1v) is 8.78. The van der Waals surface area contributed by atoms with Crippen molar-refractivity contribution in [2.24, 2.45) is 5.92 Å². The van der Waals surface area contributed by atoms with Gasteiger partial charge in [0.25, 0.3) is 0 Å². The second-order valence-electron chi connectivity index (χ2n) is 6.65. The molecule has 1 aromatic rings. The van der Waals surface area contributed by atoms with Crippen molar-refractivity contribution in [1.29, 1.82) is 0 Å². The van der Waals surface area contributed by atoms with Gasteiger partial charge in [0.15, 0.2) is 0 Å². The Labute approximate surface area is 129 Å². The molecule has 0 aromatic heterocycles. The van der Waals surface area contributed by atoms with Crippen molar-refractivity contribution in [1.82, 2.24) is 5.32 Å². The summed E-state index contributed by atoms with van der Waals surface area (Å²) >= 11 is 0. The Morgan fingerprint density at radius 2 is 2.14 bits per heavy atom. The fraction of sp³-hybridized carbons (Fsp3) is 0.684. The number of rotatable bonds is 8. The second kappa shape index (κ2) is 7.42. The highest BCUT2D eigenvalue weighted by atomic mass is 16.5. The molecule has 1 heterocycles. The summed E-state index contributed by atoms with van der Waals surface area (Å²) in [5.41, 5.74) is 1.53. The third-order valence-electron chi connectivity index (χ3n) is 5.12. The first-order chi connectivity index (χ1) is 10.4. The molecule has 1 N–H and O–H groups in total. The van der Waals surface area contributed by atoms with Crippen LogP contribution in [0.15, 0.2) is 30.3 Å². The molecule has 0 bridgehead atoms. The van der Waals surface area contributed by atoms with E-state index in [1.165, 1.54) is 44.1 Å². The molecule has 2 heteroatoms. The maximum Gasteiger partial charge on any atom is 0.0576 e. The summed E-state index contributed by atoms with van der Waals surface area (Å²) in [5, 5.41) is 3.73. The van der Waals surface area contributed by atoms with Gasteiger partial charge < -0.3 is 10.1 Å². The van der Waals surface area contributed by atoms with Crippen LogP contribution >= 0.6 is 0 Å². The van der Waals surface area contributed by atoms with Crippen molar-refractivity contribution in [3.8, 4) is 0 Å². The molecule has 4 atom stereocenters. The van der Waals surface area contributed by atoms with Crippen molar-refractivity contribution in [2.75, 3.05) is 13.2 Å². The average Bonchev–Trinajstić information content (AvgIpc) is 3.15. The lowest BCUT2D eigenvalue weighted by Crippen LogP contribution is -2.31. The number of hydrogen-bond donors (Lipinski definition) is 1. The SMILES string of the molecule is CCNC(CCCC1CCCO1)C1CC1c1ccccc1. The first kappa shape index (κ1) is 15.1. The monoisotopic (exact) mass is 287 g/mol. The molecule has 0 spiro atoms. The van der Waals surface area contributed by atoms with E-state index in [9.17, 15) is 0 Å². The largest absolute Gasteiger partial charge is 0.378 e. The van der Waals surface area contributed by atoms with Crippen LogP contribution in [-0.2, 0) is 4.74 Å². The van der Waals surface area contributed by atoms with Crippen molar-refractivity contribution >= 4 is 0 Å². The Balaban J connectivity index is 1.46. The summed E-state index contributed by atoms with van der Waals surface area (Å²) in [6.07, 6.45) is 8.33. The average molecular weight is 287 g/mol. The van der Waals surface area contributed by atoms with Crippen LogP contribution < -0.4 is 5.32 Å². The van der Waals surface area contributed by atoms with Crippen molar-refractivity contribution in [3.05, 3.63) is 35.9 Å². The van der Waals surface area contributed by atoms with E-state index >= 15 is 0 Å². The summed E-state index contributed by atoms with van der Waals surface area (Å²) in [6.45, 7) is 4.30. The lowest BCUT2D eigenvalue weighted by atomic mass is 9.99. The van der Waals surface area contributed by atoms with Gasteiger partial charge in [0, 0.05) is 12.6 Å². The molecule has 1 saturated heterocycles. The molecule has 2 nitrogen and oxygen atoms in total. The Morgan fingerprint density at radius 1 is 1.29 bits per heavy atom. The Morgan fingerprint density at radius 3 is 2.86 bits per heavy atom. The quantitative estimate of drug-likeness (QED) is 0.776. The van der Waals surface area contributed by atoms with Crippen LogP contribution in [0, 0.1) is 5.92 Å². The van der Waals surface area contributed by atoms with Gasteiger partial charge in [-0.15, -0.1) is 0 Å². The summed E-state index contributed by atoms with van der Waals surface area (Å²) in [4.78, 5) is 0.